The summed E-state index contributed by atoms with van der Waals surface area (Å²) < 4.78 is 7.25. The molecule has 1 fully saturated rings. The molecule has 1 aliphatic rings. The molecule has 0 aliphatic heterocycles. The normalized spacial score (nSPS) is 27.5. The highest BCUT2D eigenvalue weighted by atomic mass is 16.5. The van der Waals surface area contributed by atoms with Crippen LogP contribution in [0.25, 0.3) is 0 Å². The van der Waals surface area contributed by atoms with E-state index < -0.39 is 0 Å². The number of methoxy groups -OCH3 is 1. The van der Waals surface area contributed by atoms with Crippen molar-refractivity contribution < 1.29 is 4.74 Å². The minimum absolute atomic E-state index is 0.635. The van der Waals surface area contributed by atoms with Crippen LogP contribution in [0.2, 0.25) is 0 Å². The summed E-state index contributed by atoms with van der Waals surface area (Å²) >= 11 is 0. The first-order chi connectivity index (χ1) is 9.02. The molecule has 1 aliphatic carbocycles. The van der Waals surface area contributed by atoms with Gasteiger partial charge in [0.1, 0.15) is 0 Å². The average Bonchev–Trinajstić information content (AvgIpc) is 2.64. The molecule has 1 aromatic rings. The van der Waals surface area contributed by atoms with Crippen molar-refractivity contribution in [1.82, 2.24) is 15.1 Å². The van der Waals surface area contributed by atoms with Crippen molar-refractivity contribution in [3.05, 3.63) is 11.3 Å². The molecule has 2 rings (SSSR count). The smallest absolute Gasteiger partial charge is 0.216 e. The first kappa shape index (κ1) is 14.4. The van der Waals surface area contributed by atoms with Gasteiger partial charge in [-0.25, -0.2) is 4.68 Å². The lowest BCUT2D eigenvalue weighted by atomic mass is 9.79. The number of hydrogen-bond donors (Lipinski definition) is 1. The monoisotopic (exact) mass is 265 g/mol. The quantitative estimate of drug-likeness (QED) is 0.909. The third kappa shape index (κ3) is 3.11. The van der Waals surface area contributed by atoms with Gasteiger partial charge in [0.05, 0.1) is 18.4 Å². The fourth-order valence-corrected chi connectivity index (χ4v) is 3.12. The second kappa shape index (κ2) is 5.95. The molecule has 4 nitrogen and oxygen atoms in total. The SMILES string of the molecule is COc1c(CNC2CCC(C)C(C)C2)c(C)nn1C. The van der Waals surface area contributed by atoms with Gasteiger partial charge in [-0.1, -0.05) is 13.8 Å². The van der Waals surface area contributed by atoms with E-state index in [2.05, 4.69) is 24.3 Å². The summed E-state index contributed by atoms with van der Waals surface area (Å²) in [5, 5.41) is 8.11. The molecule has 0 bridgehead atoms. The molecule has 1 heterocycles. The molecule has 0 amide bonds. The highest BCUT2D eigenvalue weighted by molar-refractivity contribution is 5.30. The Kier molecular flexibility index (Phi) is 4.50. The Hall–Kier alpha value is -1.03. The molecule has 1 aromatic heterocycles. The lowest BCUT2D eigenvalue weighted by Crippen LogP contribution is -2.35. The van der Waals surface area contributed by atoms with Gasteiger partial charge in [0.25, 0.3) is 0 Å². The summed E-state index contributed by atoms with van der Waals surface area (Å²) in [6.07, 6.45) is 3.90. The fourth-order valence-electron chi connectivity index (χ4n) is 3.12. The van der Waals surface area contributed by atoms with Gasteiger partial charge >= 0.3 is 0 Å². The molecular weight excluding hydrogens is 238 g/mol. The van der Waals surface area contributed by atoms with Crippen LogP contribution in [0.15, 0.2) is 0 Å². The van der Waals surface area contributed by atoms with Gasteiger partial charge in [0.2, 0.25) is 5.88 Å². The van der Waals surface area contributed by atoms with E-state index in [0.717, 1.165) is 30.0 Å². The van der Waals surface area contributed by atoms with Crippen molar-refractivity contribution in [3.8, 4) is 5.88 Å². The Morgan fingerprint density at radius 1 is 1.32 bits per heavy atom. The van der Waals surface area contributed by atoms with Crippen molar-refractivity contribution in [3.63, 3.8) is 0 Å². The Morgan fingerprint density at radius 2 is 2.05 bits per heavy atom. The topological polar surface area (TPSA) is 39.1 Å². The van der Waals surface area contributed by atoms with E-state index in [9.17, 15) is 0 Å². The molecule has 108 valence electrons. The van der Waals surface area contributed by atoms with E-state index >= 15 is 0 Å². The number of nitrogens with zero attached hydrogens (tertiary/aromatic N) is 2. The Labute approximate surface area is 116 Å². The Bertz CT molecular complexity index is 427. The van der Waals surface area contributed by atoms with Crippen molar-refractivity contribution in [2.75, 3.05) is 7.11 Å². The molecule has 1 N–H and O–H groups in total. The molecule has 19 heavy (non-hydrogen) atoms. The molecule has 0 radical (unpaired) electrons. The summed E-state index contributed by atoms with van der Waals surface area (Å²) in [7, 11) is 3.64. The van der Waals surface area contributed by atoms with Gasteiger partial charge in [-0.2, -0.15) is 5.10 Å². The molecule has 0 saturated heterocycles. The van der Waals surface area contributed by atoms with Gasteiger partial charge < -0.3 is 10.1 Å². The highest BCUT2D eigenvalue weighted by Gasteiger charge is 2.24. The van der Waals surface area contributed by atoms with Crippen LogP contribution in [0.1, 0.15) is 44.4 Å². The third-order valence-electron chi connectivity index (χ3n) is 4.65. The minimum Gasteiger partial charge on any atom is -0.481 e. The Balaban J connectivity index is 1.96. The second-order valence-electron chi connectivity index (χ2n) is 6.04. The third-order valence-corrected chi connectivity index (χ3v) is 4.65. The standard InChI is InChI=1S/C15H27N3O/c1-10-6-7-13(8-11(10)2)16-9-14-12(3)17-18(4)15(14)19-5/h10-11,13,16H,6-9H2,1-5H3. The van der Waals surface area contributed by atoms with Crippen molar-refractivity contribution in [2.24, 2.45) is 18.9 Å². The van der Waals surface area contributed by atoms with Crippen LogP contribution in [0, 0.1) is 18.8 Å². The molecule has 3 atom stereocenters. The largest absolute Gasteiger partial charge is 0.481 e. The van der Waals surface area contributed by atoms with Gasteiger partial charge in [-0.05, 0) is 38.0 Å². The molecule has 0 aromatic carbocycles. The van der Waals surface area contributed by atoms with Crippen LogP contribution in [0.3, 0.4) is 0 Å². The first-order valence-electron chi connectivity index (χ1n) is 7.32. The van der Waals surface area contributed by atoms with E-state index in [1.165, 1.54) is 24.8 Å². The van der Waals surface area contributed by atoms with Crippen LogP contribution >= 0.6 is 0 Å². The number of rotatable bonds is 4. The zero-order valence-corrected chi connectivity index (χ0v) is 12.9. The maximum Gasteiger partial charge on any atom is 0.216 e. The molecular formula is C15H27N3O. The van der Waals surface area contributed by atoms with Crippen LogP contribution in [-0.4, -0.2) is 22.9 Å². The lowest BCUT2D eigenvalue weighted by molar-refractivity contribution is 0.225. The molecule has 4 heteroatoms. The molecule has 3 unspecified atom stereocenters. The molecule has 1 saturated carbocycles. The molecule has 0 spiro atoms. The van der Waals surface area contributed by atoms with Crippen LogP contribution in [-0.2, 0) is 13.6 Å². The number of nitrogens with one attached hydrogen (secondary N) is 1. The zero-order valence-electron chi connectivity index (χ0n) is 12.9. The van der Waals surface area contributed by atoms with E-state index in [4.69, 9.17) is 4.74 Å². The highest BCUT2D eigenvalue weighted by Crippen LogP contribution is 2.30. The summed E-state index contributed by atoms with van der Waals surface area (Å²) in [6.45, 7) is 7.64. The van der Waals surface area contributed by atoms with Crippen molar-refractivity contribution in [2.45, 2.75) is 52.6 Å². The Morgan fingerprint density at radius 3 is 2.68 bits per heavy atom. The summed E-state index contributed by atoms with van der Waals surface area (Å²) in [5.74, 6) is 2.57. The maximum absolute atomic E-state index is 5.44. The van der Waals surface area contributed by atoms with Gasteiger partial charge in [-0.15, -0.1) is 0 Å². The van der Waals surface area contributed by atoms with Crippen molar-refractivity contribution in [1.29, 1.82) is 0 Å². The fraction of sp³-hybridized carbons (Fsp3) is 0.800. The van der Waals surface area contributed by atoms with E-state index in [0.29, 0.717) is 6.04 Å². The van der Waals surface area contributed by atoms with Crippen LogP contribution < -0.4 is 10.1 Å². The number of aryl methyl sites for hydroxylation is 2. The van der Waals surface area contributed by atoms with Crippen LogP contribution in [0.5, 0.6) is 5.88 Å². The predicted octanol–water partition coefficient (Wildman–Crippen LogP) is 2.65. The van der Waals surface area contributed by atoms with Gasteiger partial charge in [0, 0.05) is 19.6 Å². The number of hydrogen-bond acceptors (Lipinski definition) is 3. The van der Waals surface area contributed by atoms with E-state index in [1.807, 2.05) is 18.7 Å². The van der Waals surface area contributed by atoms with Gasteiger partial charge in [-0.3, -0.25) is 0 Å². The summed E-state index contributed by atoms with van der Waals surface area (Å²) in [4.78, 5) is 0. The average molecular weight is 265 g/mol. The number of ether oxygens (including phenoxy) is 1. The van der Waals surface area contributed by atoms with E-state index in [1.54, 1.807) is 7.11 Å². The predicted molar refractivity (Wildman–Crippen MR) is 77.3 cm³/mol. The summed E-state index contributed by atoms with van der Waals surface area (Å²) in [5.41, 5.74) is 2.25. The maximum atomic E-state index is 5.44. The lowest BCUT2D eigenvalue weighted by Gasteiger charge is -2.32. The first-order valence-corrected chi connectivity index (χ1v) is 7.32. The van der Waals surface area contributed by atoms with E-state index in [-0.39, 0.29) is 0 Å². The second-order valence-corrected chi connectivity index (χ2v) is 6.04. The number of aromatic nitrogens is 2. The summed E-state index contributed by atoms with van der Waals surface area (Å²) in [6, 6.07) is 0.635. The van der Waals surface area contributed by atoms with Crippen molar-refractivity contribution >= 4 is 0 Å². The zero-order chi connectivity index (χ0) is 14.0. The minimum atomic E-state index is 0.635. The van der Waals surface area contributed by atoms with Crippen LogP contribution in [0.4, 0.5) is 0 Å². The van der Waals surface area contributed by atoms with Gasteiger partial charge in [0.15, 0.2) is 0 Å².